The van der Waals surface area contributed by atoms with Gasteiger partial charge in [-0.25, -0.2) is 4.98 Å². The number of imidazole rings is 1. The average Bonchev–Trinajstić information content (AvgIpc) is 3.71. The summed E-state index contributed by atoms with van der Waals surface area (Å²) in [7, 11) is 1.40. The summed E-state index contributed by atoms with van der Waals surface area (Å²) in [5.41, 5.74) is 2.99. The summed E-state index contributed by atoms with van der Waals surface area (Å²) in [5.74, 6) is 0.551. The Morgan fingerprint density at radius 1 is 1.09 bits per heavy atom. The van der Waals surface area contributed by atoms with E-state index in [-0.39, 0.29) is 41.1 Å². The minimum absolute atomic E-state index is 0.0362. The first-order valence-electron chi connectivity index (χ1n) is 14.6. The fraction of sp³-hybridized carbons (Fsp3) is 0.394. The van der Waals surface area contributed by atoms with Crippen molar-refractivity contribution >= 4 is 11.4 Å². The fourth-order valence-corrected chi connectivity index (χ4v) is 5.76. The Balaban J connectivity index is 1.19. The lowest BCUT2D eigenvalue weighted by Crippen LogP contribution is -2.45. The van der Waals surface area contributed by atoms with Crippen LogP contribution in [0.2, 0.25) is 0 Å². The maximum Gasteiger partial charge on any atom is 0.387 e. The highest BCUT2D eigenvalue weighted by atomic mass is 19.3. The molecule has 0 unspecified atom stereocenters. The number of pyridine rings is 1. The minimum Gasteiger partial charge on any atom is -0.496 e. The van der Waals surface area contributed by atoms with Gasteiger partial charge in [0, 0.05) is 49.8 Å². The van der Waals surface area contributed by atoms with Gasteiger partial charge in [-0.3, -0.25) is 14.1 Å². The number of aliphatic hydroxyl groups excluding tert-OH is 1. The quantitative estimate of drug-likeness (QED) is 0.207. The zero-order valence-corrected chi connectivity index (χ0v) is 24.0. The van der Waals surface area contributed by atoms with Gasteiger partial charge in [-0.1, -0.05) is 30.3 Å². The number of methoxy groups -OCH3 is 1. The summed E-state index contributed by atoms with van der Waals surface area (Å²) >= 11 is 0. The van der Waals surface area contributed by atoms with Gasteiger partial charge in [-0.05, 0) is 48.9 Å². The molecule has 1 N–H and O–H groups in total. The molecule has 2 aromatic heterocycles. The van der Waals surface area contributed by atoms with Crippen LogP contribution in [0, 0.1) is 11.8 Å². The molecule has 2 atom stereocenters. The van der Waals surface area contributed by atoms with Crippen molar-refractivity contribution < 1.29 is 32.9 Å². The van der Waals surface area contributed by atoms with Crippen molar-refractivity contribution in [2.24, 2.45) is 11.8 Å². The average molecular weight is 592 g/mol. The van der Waals surface area contributed by atoms with E-state index in [4.69, 9.17) is 14.2 Å². The molecule has 3 heterocycles. The molecule has 0 spiro atoms. The Morgan fingerprint density at radius 2 is 1.88 bits per heavy atom. The lowest BCUT2D eigenvalue weighted by molar-refractivity contribution is -0.0502. The van der Waals surface area contributed by atoms with Crippen molar-refractivity contribution in [2.75, 3.05) is 26.8 Å². The van der Waals surface area contributed by atoms with Crippen molar-refractivity contribution in [3.05, 3.63) is 78.1 Å². The van der Waals surface area contributed by atoms with E-state index in [1.807, 2.05) is 18.2 Å². The Labute approximate surface area is 248 Å². The fourth-order valence-electron chi connectivity index (χ4n) is 5.76. The van der Waals surface area contributed by atoms with Gasteiger partial charge in [-0.2, -0.15) is 8.78 Å². The molecule has 43 heavy (non-hydrogen) atoms. The van der Waals surface area contributed by atoms with E-state index in [9.17, 15) is 18.7 Å². The van der Waals surface area contributed by atoms with Crippen LogP contribution in [0.25, 0.3) is 16.9 Å². The number of benzene rings is 2. The van der Waals surface area contributed by atoms with Gasteiger partial charge in [0.1, 0.15) is 28.5 Å². The lowest BCUT2D eigenvalue weighted by atomic mass is 9.95. The normalized spacial score (nSPS) is 19.1. The third-order valence-corrected chi connectivity index (χ3v) is 8.22. The topological polar surface area (TPSA) is 85.5 Å². The highest BCUT2D eigenvalue weighted by molar-refractivity contribution is 6.02. The molecule has 2 aliphatic rings. The molecule has 0 amide bonds. The van der Waals surface area contributed by atoms with Crippen LogP contribution in [0.4, 0.5) is 8.78 Å². The Bertz CT molecular complexity index is 1570. The van der Waals surface area contributed by atoms with Crippen LogP contribution in [0.5, 0.6) is 17.2 Å². The number of aromatic nitrogens is 2. The first-order chi connectivity index (χ1) is 20.9. The zero-order chi connectivity index (χ0) is 29.9. The molecule has 1 saturated carbocycles. The van der Waals surface area contributed by atoms with Crippen LogP contribution in [-0.4, -0.2) is 64.7 Å². The Kier molecular flexibility index (Phi) is 8.58. The SMILES string of the molecule is COc1cc(-c2cnc3cc(OC[C@H]4CN(Cc5ccccc5)CC[C@@H]4O)ccn23)cc(OC(F)F)c1C(=O)CC1CC1. The molecular weight excluding hydrogens is 556 g/mol. The van der Waals surface area contributed by atoms with Gasteiger partial charge in [0.25, 0.3) is 0 Å². The van der Waals surface area contributed by atoms with Gasteiger partial charge in [0.2, 0.25) is 0 Å². The summed E-state index contributed by atoms with van der Waals surface area (Å²) in [6.07, 6.45) is 5.85. The Hall–Kier alpha value is -4.02. The summed E-state index contributed by atoms with van der Waals surface area (Å²) in [5, 5.41) is 10.6. The maximum absolute atomic E-state index is 13.4. The second-order valence-corrected chi connectivity index (χ2v) is 11.4. The summed E-state index contributed by atoms with van der Waals surface area (Å²) in [6.45, 7) is -0.340. The molecule has 0 radical (unpaired) electrons. The van der Waals surface area contributed by atoms with Gasteiger partial charge >= 0.3 is 6.61 Å². The smallest absolute Gasteiger partial charge is 0.387 e. The number of alkyl halides is 2. The molecule has 8 nitrogen and oxygen atoms in total. The third kappa shape index (κ3) is 6.81. The van der Waals surface area contributed by atoms with Crippen molar-refractivity contribution in [2.45, 2.75) is 44.9 Å². The third-order valence-electron chi connectivity index (χ3n) is 8.22. The van der Waals surface area contributed by atoms with Gasteiger partial charge < -0.3 is 19.3 Å². The second-order valence-electron chi connectivity index (χ2n) is 11.4. The monoisotopic (exact) mass is 591 g/mol. The van der Waals surface area contributed by atoms with Crippen molar-refractivity contribution in [1.82, 2.24) is 14.3 Å². The number of ketones is 1. The standard InChI is InChI=1S/C33H35F2N3O5/c1-41-29-14-23(15-30(43-33(34)35)32(29)28(40)13-21-7-8-21)26-17-36-31-16-25(9-12-38(26)31)42-20-24-19-37(11-10-27(24)39)18-22-5-3-2-4-6-22/h2-6,9,12,14-17,21,24,27,33,39H,7-8,10-11,13,18-20H2,1H3/t24-,27+/m1/s1. The van der Waals surface area contributed by atoms with Gasteiger partial charge in [-0.15, -0.1) is 0 Å². The first kappa shape index (κ1) is 29.1. The summed E-state index contributed by atoms with van der Waals surface area (Å²) < 4.78 is 45.0. The van der Waals surface area contributed by atoms with Gasteiger partial charge in [0.15, 0.2) is 5.78 Å². The number of likely N-dealkylation sites (tertiary alicyclic amines) is 1. The number of Topliss-reactive ketones (excluding diaryl/α,β-unsaturated/α-hetero) is 1. The largest absolute Gasteiger partial charge is 0.496 e. The number of aliphatic hydroxyl groups is 1. The van der Waals surface area contributed by atoms with Crippen LogP contribution in [0.3, 0.4) is 0 Å². The maximum atomic E-state index is 13.4. The highest BCUT2D eigenvalue weighted by Gasteiger charge is 2.30. The lowest BCUT2D eigenvalue weighted by Gasteiger charge is -2.36. The van der Waals surface area contributed by atoms with E-state index < -0.39 is 12.7 Å². The van der Waals surface area contributed by atoms with Crippen LogP contribution < -0.4 is 14.2 Å². The van der Waals surface area contributed by atoms with Crippen molar-refractivity contribution in [1.29, 1.82) is 0 Å². The molecule has 226 valence electrons. The molecule has 1 saturated heterocycles. The van der Waals surface area contributed by atoms with Crippen LogP contribution in [0.1, 0.15) is 41.6 Å². The van der Waals surface area contributed by atoms with Crippen molar-refractivity contribution in [3.8, 4) is 28.5 Å². The van der Waals surface area contributed by atoms with E-state index >= 15 is 0 Å². The number of fused-ring (bicyclic) bond motifs is 1. The van der Waals surface area contributed by atoms with E-state index in [2.05, 4.69) is 22.0 Å². The zero-order valence-electron chi connectivity index (χ0n) is 24.0. The Morgan fingerprint density at radius 3 is 2.63 bits per heavy atom. The second kappa shape index (κ2) is 12.7. The molecule has 2 aromatic carbocycles. The number of nitrogens with zero attached hydrogens (tertiary/aromatic N) is 3. The van der Waals surface area contributed by atoms with E-state index in [0.717, 1.165) is 32.5 Å². The van der Waals surface area contributed by atoms with Crippen LogP contribution in [-0.2, 0) is 6.54 Å². The molecular formula is C33H35F2N3O5. The molecule has 1 aliphatic carbocycles. The minimum atomic E-state index is -3.09. The van der Waals surface area contributed by atoms with Gasteiger partial charge in [0.05, 0.1) is 31.7 Å². The number of carbonyl (C=O) groups excluding carboxylic acids is 1. The number of hydrogen-bond donors (Lipinski definition) is 1. The molecule has 2 fully saturated rings. The highest BCUT2D eigenvalue weighted by Crippen LogP contribution is 2.40. The summed E-state index contributed by atoms with van der Waals surface area (Å²) in [4.78, 5) is 19.8. The number of rotatable bonds is 12. The van der Waals surface area contributed by atoms with Crippen LogP contribution in [0.15, 0.2) is 67.0 Å². The number of halogens is 2. The molecule has 6 rings (SSSR count). The predicted octanol–water partition coefficient (Wildman–Crippen LogP) is 5.86. The number of hydrogen-bond acceptors (Lipinski definition) is 7. The van der Waals surface area contributed by atoms with E-state index in [1.54, 1.807) is 35.0 Å². The molecule has 1 aliphatic heterocycles. The van der Waals surface area contributed by atoms with E-state index in [1.165, 1.54) is 18.7 Å². The number of piperidine rings is 1. The predicted molar refractivity (Wildman–Crippen MR) is 157 cm³/mol. The molecule has 4 aromatic rings. The van der Waals surface area contributed by atoms with E-state index in [0.29, 0.717) is 35.7 Å². The number of ether oxygens (including phenoxy) is 3. The molecule has 10 heteroatoms. The van der Waals surface area contributed by atoms with Crippen LogP contribution >= 0.6 is 0 Å². The van der Waals surface area contributed by atoms with Crippen molar-refractivity contribution in [3.63, 3.8) is 0 Å². The first-order valence-corrected chi connectivity index (χ1v) is 14.6. The molecule has 0 bridgehead atoms. The number of carbonyl (C=O) groups is 1. The summed E-state index contributed by atoms with van der Waals surface area (Å²) in [6, 6.07) is 17.0.